The second kappa shape index (κ2) is 4.75. The fraction of sp³-hybridized carbons (Fsp3) is 0.231. The summed E-state index contributed by atoms with van der Waals surface area (Å²) in [6, 6.07) is 12.0. The number of hydrogen-bond acceptors (Lipinski definition) is 2. The van der Waals surface area contributed by atoms with Crippen LogP contribution in [0.2, 0.25) is 0 Å². The van der Waals surface area contributed by atoms with Crippen LogP contribution in [0.15, 0.2) is 52.8 Å². The van der Waals surface area contributed by atoms with Crippen molar-refractivity contribution in [3.05, 3.63) is 48.2 Å². The molecule has 16 heavy (non-hydrogen) atoms. The minimum absolute atomic E-state index is 0.861. The molecule has 0 saturated heterocycles. The summed E-state index contributed by atoms with van der Waals surface area (Å²) >= 11 is 0. The van der Waals surface area contributed by atoms with E-state index in [-0.39, 0.29) is 0 Å². The molecule has 0 radical (unpaired) electrons. The number of aryl methyl sites for hydroxylation is 2. The SMILES string of the molecule is CCc1ccc(N=Nc2cccn2C)cc1. The van der Waals surface area contributed by atoms with Crippen LogP contribution in [0.3, 0.4) is 0 Å². The van der Waals surface area contributed by atoms with Crippen LogP contribution in [0.5, 0.6) is 0 Å². The molecule has 1 aromatic heterocycles. The van der Waals surface area contributed by atoms with Gasteiger partial charge in [-0.1, -0.05) is 19.1 Å². The third-order valence-electron chi connectivity index (χ3n) is 2.53. The van der Waals surface area contributed by atoms with Crippen molar-refractivity contribution in [3.8, 4) is 0 Å². The first-order chi connectivity index (χ1) is 7.79. The molecule has 2 rings (SSSR count). The average Bonchev–Trinajstić information content (AvgIpc) is 2.73. The maximum Gasteiger partial charge on any atom is 0.154 e. The van der Waals surface area contributed by atoms with Gasteiger partial charge in [0, 0.05) is 13.2 Å². The van der Waals surface area contributed by atoms with Crippen molar-refractivity contribution >= 4 is 11.5 Å². The zero-order valence-corrected chi connectivity index (χ0v) is 9.59. The number of azo groups is 1. The summed E-state index contributed by atoms with van der Waals surface area (Å²) in [4.78, 5) is 0. The fourth-order valence-corrected chi connectivity index (χ4v) is 1.46. The second-order valence-electron chi connectivity index (χ2n) is 3.70. The van der Waals surface area contributed by atoms with Gasteiger partial charge in [-0.3, -0.25) is 0 Å². The lowest BCUT2D eigenvalue weighted by molar-refractivity contribution is 0.910. The molecule has 0 aliphatic heterocycles. The Morgan fingerprint density at radius 3 is 2.38 bits per heavy atom. The molecule has 0 bridgehead atoms. The minimum atomic E-state index is 0.861. The molecule has 3 heteroatoms. The monoisotopic (exact) mass is 213 g/mol. The smallest absolute Gasteiger partial charge is 0.154 e. The highest BCUT2D eigenvalue weighted by Crippen LogP contribution is 2.18. The Labute approximate surface area is 95.4 Å². The van der Waals surface area contributed by atoms with E-state index in [4.69, 9.17) is 0 Å². The molecule has 0 N–H and O–H groups in total. The molecule has 0 spiro atoms. The summed E-state index contributed by atoms with van der Waals surface area (Å²) in [5.41, 5.74) is 2.20. The van der Waals surface area contributed by atoms with Crippen LogP contribution in [0, 0.1) is 0 Å². The molecule has 82 valence electrons. The third kappa shape index (κ3) is 2.37. The van der Waals surface area contributed by atoms with Crippen molar-refractivity contribution < 1.29 is 0 Å². The van der Waals surface area contributed by atoms with E-state index in [0.717, 1.165) is 17.9 Å². The van der Waals surface area contributed by atoms with E-state index in [1.165, 1.54) is 5.56 Å². The van der Waals surface area contributed by atoms with Gasteiger partial charge in [0.2, 0.25) is 0 Å². The van der Waals surface area contributed by atoms with Gasteiger partial charge in [0.1, 0.15) is 0 Å². The van der Waals surface area contributed by atoms with Gasteiger partial charge in [-0.15, -0.1) is 10.2 Å². The van der Waals surface area contributed by atoms with Crippen LogP contribution in [0.1, 0.15) is 12.5 Å². The van der Waals surface area contributed by atoms with Crippen molar-refractivity contribution in [1.29, 1.82) is 0 Å². The Kier molecular flexibility index (Phi) is 3.15. The minimum Gasteiger partial charge on any atom is -0.335 e. The van der Waals surface area contributed by atoms with Gasteiger partial charge in [-0.05, 0) is 36.2 Å². The van der Waals surface area contributed by atoms with E-state index < -0.39 is 0 Å². The van der Waals surface area contributed by atoms with E-state index in [2.05, 4.69) is 29.3 Å². The summed E-state index contributed by atoms with van der Waals surface area (Å²) in [7, 11) is 1.95. The highest BCUT2D eigenvalue weighted by molar-refractivity contribution is 5.39. The van der Waals surface area contributed by atoms with Crippen LogP contribution < -0.4 is 0 Å². The molecule has 1 heterocycles. The van der Waals surface area contributed by atoms with Crippen molar-refractivity contribution in [2.75, 3.05) is 0 Å². The summed E-state index contributed by atoms with van der Waals surface area (Å²) in [6.07, 6.45) is 3.00. The van der Waals surface area contributed by atoms with Gasteiger partial charge in [0.15, 0.2) is 5.82 Å². The van der Waals surface area contributed by atoms with E-state index in [0.29, 0.717) is 0 Å². The predicted octanol–water partition coefficient (Wildman–Crippen LogP) is 4.00. The molecule has 0 saturated carbocycles. The lowest BCUT2D eigenvalue weighted by Crippen LogP contribution is -1.80. The Balaban J connectivity index is 2.14. The summed E-state index contributed by atoms with van der Waals surface area (Å²) in [5, 5.41) is 8.37. The molecular formula is C13H15N3. The van der Waals surface area contributed by atoms with Crippen molar-refractivity contribution in [2.24, 2.45) is 17.3 Å². The molecule has 0 fully saturated rings. The number of aromatic nitrogens is 1. The van der Waals surface area contributed by atoms with Crippen LogP contribution >= 0.6 is 0 Å². The third-order valence-corrected chi connectivity index (χ3v) is 2.53. The Morgan fingerprint density at radius 2 is 1.81 bits per heavy atom. The standard InChI is InChI=1S/C13H15N3/c1-3-11-6-8-12(9-7-11)14-15-13-5-4-10-16(13)2/h4-10H,3H2,1-2H3. The van der Waals surface area contributed by atoms with Gasteiger partial charge < -0.3 is 4.57 Å². The van der Waals surface area contributed by atoms with Gasteiger partial charge in [-0.25, -0.2) is 0 Å². The molecule has 0 atom stereocenters. The zero-order chi connectivity index (χ0) is 11.4. The maximum absolute atomic E-state index is 4.19. The zero-order valence-electron chi connectivity index (χ0n) is 9.59. The summed E-state index contributed by atoms with van der Waals surface area (Å²) in [5.74, 6) is 0.861. The van der Waals surface area contributed by atoms with E-state index in [1.54, 1.807) is 0 Å². The van der Waals surface area contributed by atoms with Gasteiger partial charge >= 0.3 is 0 Å². The van der Waals surface area contributed by atoms with E-state index >= 15 is 0 Å². The van der Waals surface area contributed by atoms with Crippen molar-refractivity contribution in [1.82, 2.24) is 4.57 Å². The number of hydrogen-bond donors (Lipinski definition) is 0. The first-order valence-corrected chi connectivity index (χ1v) is 5.41. The fourth-order valence-electron chi connectivity index (χ4n) is 1.46. The van der Waals surface area contributed by atoms with Crippen LogP contribution in [0.25, 0.3) is 0 Å². The average molecular weight is 213 g/mol. The van der Waals surface area contributed by atoms with Gasteiger partial charge in [-0.2, -0.15) is 0 Å². The molecule has 2 aromatic rings. The Morgan fingerprint density at radius 1 is 1.06 bits per heavy atom. The van der Waals surface area contributed by atoms with Crippen molar-refractivity contribution in [3.63, 3.8) is 0 Å². The van der Waals surface area contributed by atoms with Crippen LogP contribution in [0.4, 0.5) is 11.5 Å². The van der Waals surface area contributed by atoms with Crippen molar-refractivity contribution in [2.45, 2.75) is 13.3 Å². The molecule has 3 nitrogen and oxygen atoms in total. The van der Waals surface area contributed by atoms with E-state index in [9.17, 15) is 0 Å². The highest BCUT2D eigenvalue weighted by Gasteiger charge is 1.94. The summed E-state index contributed by atoms with van der Waals surface area (Å²) in [6.45, 7) is 2.14. The molecule has 1 aromatic carbocycles. The molecule has 0 aliphatic carbocycles. The van der Waals surface area contributed by atoms with E-state index in [1.807, 2.05) is 42.1 Å². The largest absolute Gasteiger partial charge is 0.335 e. The number of nitrogens with zero attached hydrogens (tertiary/aromatic N) is 3. The van der Waals surface area contributed by atoms with Gasteiger partial charge in [0.25, 0.3) is 0 Å². The van der Waals surface area contributed by atoms with Gasteiger partial charge in [0.05, 0.1) is 5.69 Å². The Hall–Kier alpha value is -1.90. The maximum atomic E-state index is 4.19. The Bertz CT molecular complexity index is 480. The molecule has 0 amide bonds. The van der Waals surface area contributed by atoms with Crippen LogP contribution in [-0.2, 0) is 13.5 Å². The predicted molar refractivity (Wildman–Crippen MR) is 65.4 cm³/mol. The highest BCUT2D eigenvalue weighted by atomic mass is 15.2. The summed E-state index contributed by atoms with van der Waals surface area (Å²) < 4.78 is 1.93. The molecular weight excluding hydrogens is 198 g/mol. The first-order valence-electron chi connectivity index (χ1n) is 5.41. The normalized spacial score (nSPS) is 11.1. The lowest BCUT2D eigenvalue weighted by Gasteiger charge is -1.97. The molecule has 0 unspecified atom stereocenters. The topological polar surface area (TPSA) is 29.6 Å². The number of benzene rings is 1. The quantitative estimate of drug-likeness (QED) is 0.690. The lowest BCUT2D eigenvalue weighted by atomic mass is 10.2. The van der Waals surface area contributed by atoms with Crippen LogP contribution in [-0.4, -0.2) is 4.57 Å². The second-order valence-corrected chi connectivity index (χ2v) is 3.70. The first kappa shape index (κ1) is 10.6. The molecule has 0 aliphatic rings. The number of rotatable bonds is 3.